The van der Waals surface area contributed by atoms with Crippen LogP contribution in [0.15, 0.2) is 24.3 Å². The molecule has 4 heteroatoms. The average Bonchev–Trinajstić information content (AvgIpc) is 3.00. The predicted octanol–water partition coefficient (Wildman–Crippen LogP) is 2.05. The van der Waals surface area contributed by atoms with E-state index in [0.717, 1.165) is 25.0 Å². The molecule has 0 aromatic heterocycles. The highest BCUT2D eigenvalue weighted by molar-refractivity contribution is 5.22. The van der Waals surface area contributed by atoms with Gasteiger partial charge in [-0.05, 0) is 49.4 Å². The first kappa shape index (κ1) is 17.5. The van der Waals surface area contributed by atoms with E-state index in [9.17, 15) is 0 Å². The second-order valence-corrected chi connectivity index (χ2v) is 8.28. The van der Waals surface area contributed by atoms with Crippen molar-refractivity contribution in [2.75, 3.05) is 39.3 Å². The lowest BCUT2D eigenvalue weighted by Gasteiger charge is -2.34. The number of hydrogen-bond donors (Lipinski definition) is 2. The van der Waals surface area contributed by atoms with Gasteiger partial charge >= 0.3 is 0 Å². The third-order valence-electron chi connectivity index (χ3n) is 6.44. The molecule has 2 aliphatic heterocycles. The number of rotatable bonds is 6. The number of benzene rings is 1. The minimum atomic E-state index is 0.702. The van der Waals surface area contributed by atoms with Crippen molar-refractivity contribution >= 4 is 0 Å². The van der Waals surface area contributed by atoms with Crippen LogP contribution in [0.1, 0.15) is 37.3 Å². The standard InChI is InChI=1S/C21H34N4/c1-2-24-7-9-25(10-8-24)16-18-5-3-17(4-6-18)14-22-20-11-19-12-21(13-20)23-15-19/h3-6,19-23H,2,7-16H2,1H3. The molecule has 2 heterocycles. The van der Waals surface area contributed by atoms with Crippen molar-refractivity contribution < 1.29 is 0 Å². The first-order valence-corrected chi connectivity index (χ1v) is 10.3. The van der Waals surface area contributed by atoms with Crippen molar-refractivity contribution in [3.8, 4) is 0 Å². The summed E-state index contributed by atoms with van der Waals surface area (Å²) in [5.41, 5.74) is 2.87. The lowest BCUT2D eigenvalue weighted by atomic mass is 9.86. The first-order valence-electron chi connectivity index (χ1n) is 10.3. The molecular weight excluding hydrogens is 308 g/mol. The van der Waals surface area contributed by atoms with Crippen LogP contribution in [-0.2, 0) is 13.1 Å². The zero-order valence-electron chi connectivity index (χ0n) is 15.7. The van der Waals surface area contributed by atoms with Crippen LogP contribution in [0.5, 0.6) is 0 Å². The van der Waals surface area contributed by atoms with Gasteiger partial charge in [0.15, 0.2) is 0 Å². The molecule has 0 radical (unpaired) electrons. The van der Waals surface area contributed by atoms with E-state index in [1.165, 1.54) is 69.7 Å². The van der Waals surface area contributed by atoms with E-state index in [-0.39, 0.29) is 0 Å². The van der Waals surface area contributed by atoms with Crippen LogP contribution in [0.3, 0.4) is 0 Å². The maximum absolute atomic E-state index is 3.79. The molecule has 0 amide bonds. The van der Waals surface area contributed by atoms with E-state index in [2.05, 4.69) is 51.6 Å². The molecule has 1 aromatic rings. The topological polar surface area (TPSA) is 30.5 Å². The molecule has 3 unspecified atom stereocenters. The smallest absolute Gasteiger partial charge is 0.0234 e. The van der Waals surface area contributed by atoms with Gasteiger partial charge in [0, 0.05) is 51.4 Å². The summed E-state index contributed by atoms with van der Waals surface area (Å²) in [6, 6.07) is 10.8. The Bertz CT molecular complexity index is 523. The fraction of sp³-hybridized carbons (Fsp3) is 0.714. The molecule has 2 bridgehead atoms. The van der Waals surface area contributed by atoms with Gasteiger partial charge in [-0.15, -0.1) is 0 Å². The van der Waals surface area contributed by atoms with Crippen molar-refractivity contribution in [3.05, 3.63) is 35.4 Å². The monoisotopic (exact) mass is 342 g/mol. The van der Waals surface area contributed by atoms with E-state index in [0.29, 0.717) is 6.04 Å². The summed E-state index contributed by atoms with van der Waals surface area (Å²) in [7, 11) is 0. The summed E-state index contributed by atoms with van der Waals surface area (Å²) < 4.78 is 0. The van der Waals surface area contributed by atoms with Crippen LogP contribution in [-0.4, -0.2) is 61.2 Å². The van der Waals surface area contributed by atoms with Gasteiger partial charge < -0.3 is 15.5 Å². The Balaban J connectivity index is 1.22. The molecule has 3 atom stereocenters. The average molecular weight is 343 g/mol. The summed E-state index contributed by atoms with van der Waals surface area (Å²) in [6.07, 6.45) is 4.06. The molecule has 4 rings (SSSR count). The van der Waals surface area contributed by atoms with Crippen LogP contribution in [0.2, 0.25) is 0 Å². The third-order valence-corrected chi connectivity index (χ3v) is 6.44. The lowest BCUT2D eigenvalue weighted by molar-refractivity contribution is 0.132. The molecule has 3 fully saturated rings. The zero-order valence-corrected chi connectivity index (χ0v) is 15.7. The number of hydrogen-bond acceptors (Lipinski definition) is 4. The van der Waals surface area contributed by atoms with Gasteiger partial charge in [-0.25, -0.2) is 0 Å². The van der Waals surface area contributed by atoms with Crippen molar-refractivity contribution in [1.82, 2.24) is 20.4 Å². The summed E-state index contributed by atoms with van der Waals surface area (Å²) in [6.45, 7) is 11.6. The van der Waals surface area contributed by atoms with Gasteiger partial charge in [-0.2, -0.15) is 0 Å². The molecule has 0 spiro atoms. The SMILES string of the molecule is CCN1CCN(Cc2ccc(CNC3CC4CNC(C4)C3)cc2)CC1. The Morgan fingerprint density at radius 2 is 1.68 bits per heavy atom. The normalized spacial score (nSPS) is 30.7. The molecule has 2 N–H and O–H groups in total. The van der Waals surface area contributed by atoms with E-state index in [1.807, 2.05) is 0 Å². The molecule has 25 heavy (non-hydrogen) atoms. The fourth-order valence-corrected chi connectivity index (χ4v) is 4.82. The number of likely N-dealkylation sites (N-methyl/N-ethyl adjacent to an activating group) is 1. The van der Waals surface area contributed by atoms with Crippen molar-refractivity contribution in [2.24, 2.45) is 5.92 Å². The van der Waals surface area contributed by atoms with Crippen LogP contribution in [0, 0.1) is 5.92 Å². The third kappa shape index (κ3) is 4.62. The maximum Gasteiger partial charge on any atom is 0.0234 e. The maximum atomic E-state index is 3.79. The molecule has 3 aliphatic rings. The summed E-state index contributed by atoms with van der Waals surface area (Å²) >= 11 is 0. The highest BCUT2D eigenvalue weighted by Gasteiger charge is 2.33. The van der Waals surface area contributed by atoms with E-state index in [4.69, 9.17) is 0 Å². The summed E-state index contributed by atoms with van der Waals surface area (Å²) in [5.74, 6) is 0.909. The van der Waals surface area contributed by atoms with Crippen LogP contribution < -0.4 is 10.6 Å². The molecule has 138 valence electrons. The Labute approximate surface area is 153 Å². The van der Waals surface area contributed by atoms with Crippen molar-refractivity contribution in [1.29, 1.82) is 0 Å². The Morgan fingerprint density at radius 3 is 2.40 bits per heavy atom. The van der Waals surface area contributed by atoms with Gasteiger partial charge in [0.2, 0.25) is 0 Å². The number of fused-ring (bicyclic) bond motifs is 2. The van der Waals surface area contributed by atoms with E-state index in [1.54, 1.807) is 0 Å². The minimum Gasteiger partial charge on any atom is -0.314 e. The summed E-state index contributed by atoms with van der Waals surface area (Å²) in [4.78, 5) is 5.13. The quantitative estimate of drug-likeness (QED) is 0.828. The van der Waals surface area contributed by atoms with Gasteiger partial charge in [-0.3, -0.25) is 4.90 Å². The van der Waals surface area contributed by atoms with E-state index >= 15 is 0 Å². The zero-order chi connectivity index (χ0) is 17.1. The number of nitrogens with one attached hydrogen (secondary N) is 2. The fourth-order valence-electron chi connectivity index (χ4n) is 4.82. The van der Waals surface area contributed by atoms with Crippen LogP contribution in [0.4, 0.5) is 0 Å². The second-order valence-electron chi connectivity index (χ2n) is 8.28. The van der Waals surface area contributed by atoms with Crippen molar-refractivity contribution in [3.63, 3.8) is 0 Å². The molecule has 1 aromatic carbocycles. The molecule has 1 saturated carbocycles. The Kier molecular flexibility index (Phi) is 5.71. The minimum absolute atomic E-state index is 0.702. The highest BCUT2D eigenvalue weighted by atomic mass is 15.3. The van der Waals surface area contributed by atoms with Gasteiger partial charge in [-0.1, -0.05) is 31.2 Å². The molecule has 4 nitrogen and oxygen atoms in total. The second kappa shape index (κ2) is 8.17. The first-order chi connectivity index (χ1) is 12.3. The largest absolute Gasteiger partial charge is 0.314 e. The van der Waals surface area contributed by atoms with Crippen LogP contribution in [0.25, 0.3) is 0 Å². The lowest BCUT2D eigenvalue weighted by Crippen LogP contribution is -2.45. The van der Waals surface area contributed by atoms with Crippen LogP contribution >= 0.6 is 0 Å². The van der Waals surface area contributed by atoms with Gasteiger partial charge in [0.1, 0.15) is 0 Å². The number of nitrogens with zero attached hydrogens (tertiary/aromatic N) is 2. The molecule has 2 saturated heterocycles. The van der Waals surface area contributed by atoms with Gasteiger partial charge in [0.05, 0.1) is 0 Å². The van der Waals surface area contributed by atoms with Gasteiger partial charge in [0.25, 0.3) is 0 Å². The molecular formula is C21H34N4. The predicted molar refractivity (Wildman–Crippen MR) is 104 cm³/mol. The molecule has 1 aliphatic carbocycles. The Hall–Kier alpha value is -0.940. The number of piperazine rings is 1. The Morgan fingerprint density at radius 1 is 0.960 bits per heavy atom. The van der Waals surface area contributed by atoms with Crippen molar-refractivity contribution in [2.45, 2.75) is 51.4 Å². The highest BCUT2D eigenvalue weighted by Crippen LogP contribution is 2.29. The van der Waals surface area contributed by atoms with E-state index < -0.39 is 0 Å². The summed E-state index contributed by atoms with van der Waals surface area (Å²) in [5, 5.41) is 7.45.